The van der Waals surface area contributed by atoms with Crippen molar-refractivity contribution in [3.63, 3.8) is 0 Å². The molecular weight excluding hydrogens is 344 g/mol. The molecule has 1 atom stereocenters. The minimum absolute atomic E-state index is 0.0446. The average Bonchev–Trinajstić information content (AvgIpc) is 2.54. The van der Waals surface area contributed by atoms with E-state index < -0.39 is 17.1 Å². The fraction of sp³-hybridized carbons (Fsp3) is 0.619. The van der Waals surface area contributed by atoms with Crippen LogP contribution in [0.3, 0.4) is 0 Å². The van der Waals surface area contributed by atoms with Crippen LogP contribution in [-0.2, 0) is 25.8 Å². The SMILES string of the molecule is CC(C)(C)O[NH+](OC(C)(C)C)C(=O)C1CN(Cc2ccccc2)CCC1=O. The van der Waals surface area contributed by atoms with E-state index in [1.807, 2.05) is 59.7 Å². The Bertz CT molecular complexity index is 630. The minimum atomic E-state index is -0.748. The standard InChI is InChI=1S/C21H32N2O4/c1-20(2,3)26-23(27-21(4,5)6)19(25)17-15-22(13-12-18(17)24)14-16-10-8-7-9-11-16/h7-11,17H,12-15H2,1-6H3/p+1. The summed E-state index contributed by atoms with van der Waals surface area (Å²) in [4.78, 5) is 39.4. The molecule has 1 fully saturated rings. The lowest BCUT2D eigenvalue weighted by atomic mass is 9.95. The molecule has 1 amide bonds. The second kappa shape index (κ2) is 8.61. The Morgan fingerprint density at radius 3 is 2.15 bits per heavy atom. The zero-order chi connectivity index (χ0) is 20.2. The number of rotatable bonds is 5. The second-order valence-electron chi connectivity index (χ2n) is 9.07. The molecule has 0 radical (unpaired) electrons. The molecule has 1 heterocycles. The fourth-order valence-corrected chi connectivity index (χ4v) is 2.93. The fourth-order valence-electron chi connectivity index (χ4n) is 2.93. The van der Waals surface area contributed by atoms with Crippen LogP contribution in [0.2, 0.25) is 0 Å². The van der Waals surface area contributed by atoms with E-state index in [0.717, 1.165) is 0 Å². The number of hydrogen-bond acceptors (Lipinski definition) is 5. The first-order chi connectivity index (χ1) is 12.4. The Labute approximate surface area is 162 Å². The predicted octanol–water partition coefficient (Wildman–Crippen LogP) is 1.95. The highest BCUT2D eigenvalue weighted by Gasteiger charge is 2.44. The molecule has 1 aromatic carbocycles. The Balaban J connectivity index is 2.12. The normalized spacial score (nSPS) is 19.5. The van der Waals surface area contributed by atoms with Gasteiger partial charge in [-0.2, -0.15) is 9.68 Å². The average molecular weight is 378 g/mol. The predicted molar refractivity (Wildman–Crippen MR) is 102 cm³/mol. The van der Waals surface area contributed by atoms with Crippen LogP contribution >= 0.6 is 0 Å². The van der Waals surface area contributed by atoms with E-state index in [0.29, 0.717) is 26.1 Å². The van der Waals surface area contributed by atoms with Gasteiger partial charge in [-0.15, -0.1) is 0 Å². The monoisotopic (exact) mass is 377 g/mol. The van der Waals surface area contributed by atoms with Crippen LogP contribution in [-0.4, -0.2) is 40.9 Å². The highest BCUT2D eigenvalue weighted by molar-refractivity contribution is 5.98. The zero-order valence-electron chi connectivity index (χ0n) is 17.4. The first-order valence-corrected chi connectivity index (χ1v) is 9.53. The summed E-state index contributed by atoms with van der Waals surface area (Å²) in [6, 6.07) is 10.1. The van der Waals surface area contributed by atoms with E-state index >= 15 is 0 Å². The Morgan fingerprint density at radius 1 is 1.07 bits per heavy atom. The summed E-state index contributed by atoms with van der Waals surface area (Å²) < 4.78 is 0. The third-order valence-electron chi connectivity index (χ3n) is 4.07. The number of nitrogens with zero attached hydrogens (tertiary/aromatic N) is 1. The summed E-state index contributed by atoms with van der Waals surface area (Å²) >= 11 is 0. The van der Waals surface area contributed by atoms with Crippen LogP contribution in [0.25, 0.3) is 0 Å². The van der Waals surface area contributed by atoms with E-state index in [9.17, 15) is 9.59 Å². The van der Waals surface area contributed by atoms with Crippen LogP contribution in [0.1, 0.15) is 53.5 Å². The summed E-state index contributed by atoms with van der Waals surface area (Å²) in [7, 11) is 0. The Kier molecular flexibility index (Phi) is 6.92. The lowest BCUT2D eigenvalue weighted by molar-refractivity contribution is -1.20. The van der Waals surface area contributed by atoms with Crippen molar-refractivity contribution in [2.75, 3.05) is 13.1 Å². The van der Waals surface area contributed by atoms with E-state index in [1.54, 1.807) is 0 Å². The summed E-state index contributed by atoms with van der Waals surface area (Å²) in [5.41, 5.74) is -0.00540. The molecule has 6 nitrogen and oxygen atoms in total. The number of hydrogen-bond donors (Lipinski definition) is 1. The third kappa shape index (κ3) is 7.14. The minimum Gasteiger partial charge on any atom is -0.299 e. The zero-order valence-corrected chi connectivity index (χ0v) is 17.4. The van der Waals surface area contributed by atoms with Gasteiger partial charge in [0.2, 0.25) is 0 Å². The molecule has 0 saturated carbocycles. The highest BCUT2D eigenvalue weighted by atomic mass is 17.0. The van der Waals surface area contributed by atoms with Crippen LogP contribution in [0.4, 0.5) is 0 Å². The smallest absolute Gasteiger partial charge is 0.299 e. The maximum atomic E-state index is 13.1. The number of nitrogens with one attached hydrogen (secondary N) is 1. The van der Waals surface area contributed by atoms with Gasteiger partial charge in [0.15, 0.2) is 11.7 Å². The third-order valence-corrected chi connectivity index (χ3v) is 4.07. The molecule has 0 spiro atoms. The van der Waals surface area contributed by atoms with Gasteiger partial charge < -0.3 is 0 Å². The molecule has 0 aliphatic carbocycles. The van der Waals surface area contributed by atoms with Crippen molar-refractivity contribution in [3.05, 3.63) is 35.9 Å². The number of amides is 1. The summed E-state index contributed by atoms with van der Waals surface area (Å²) in [6.07, 6.45) is 0.363. The molecule has 0 aromatic heterocycles. The first kappa shape index (κ1) is 21.7. The van der Waals surface area contributed by atoms with Gasteiger partial charge in [-0.05, 0) is 47.1 Å². The second-order valence-corrected chi connectivity index (χ2v) is 9.07. The number of ketones is 1. The van der Waals surface area contributed by atoms with Crippen molar-refractivity contribution >= 4 is 11.7 Å². The number of Topliss-reactive ketones (excluding diaryl/α,β-unsaturated/α-hetero) is 1. The van der Waals surface area contributed by atoms with Crippen molar-refractivity contribution in [1.82, 2.24) is 4.90 Å². The number of piperidine rings is 1. The van der Waals surface area contributed by atoms with Gasteiger partial charge in [0.25, 0.3) is 0 Å². The highest BCUT2D eigenvalue weighted by Crippen LogP contribution is 2.16. The molecule has 6 heteroatoms. The van der Waals surface area contributed by atoms with E-state index in [4.69, 9.17) is 9.68 Å². The van der Waals surface area contributed by atoms with Crippen LogP contribution < -0.4 is 5.23 Å². The van der Waals surface area contributed by atoms with Crippen molar-refractivity contribution in [2.24, 2.45) is 5.92 Å². The van der Waals surface area contributed by atoms with Gasteiger partial charge in [-0.3, -0.25) is 9.69 Å². The molecule has 2 rings (SSSR count). The van der Waals surface area contributed by atoms with Gasteiger partial charge in [0.1, 0.15) is 11.2 Å². The molecule has 1 aromatic rings. The van der Waals surface area contributed by atoms with Crippen molar-refractivity contribution in [3.8, 4) is 0 Å². The quantitative estimate of drug-likeness (QED) is 0.628. The van der Waals surface area contributed by atoms with Crippen molar-refractivity contribution in [2.45, 2.75) is 65.7 Å². The van der Waals surface area contributed by atoms with E-state index in [-0.39, 0.29) is 16.9 Å². The van der Waals surface area contributed by atoms with Crippen molar-refractivity contribution in [1.29, 1.82) is 0 Å². The molecule has 1 saturated heterocycles. The molecule has 1 N–H and O–H groups in total. The summed E-state index contributed by atoms with van der Waals surface area (Å²) in [5, 5.41) is -0.0603. The first-order valence-electron chi connectivity index (χ1n) is 9.53. The Hall–Kier alpha value is -1.60. The number of hydroxylamine groups is 2. The van der Waals surface area contributed by atoms with Gasteiger partial charge in [-0.25, -0.2) is 4.79 Å². The van der Waals surface area contributed by atoms with Crippen molar-refractivity contribution < 1.29 is 24.5 Å². The van der Waals surface area contributed by atoms with Crippen LogP contribution in [0, 0.1) is 5.92 Å². The van der Waals surface area contributed by atoms with E-state index in [2.05, 4.69) is 17.0 Å². The molecule has 27 heavy (non-hydrogen) atoms. The molecule has 150 valence electrons. The van der Waals surface area contributed by atoms with Gasteiger partial charge in [0, 0.05) is 31.3 Å². The molecule has 1 unspecified atom stereocenters. The molecule has 1 aliphatic rings. The number of quaternary nitrogens is 1. The number of likely N-dealkylation sites (tertiary alicyclic amines) is 1. The number of benzene rings is 1. The lowest BCUT2D eigenvalue weighted by Gasteiger charge is -2.33. The number of carbonyl (C=O) groups excluding carboxylic acids is 2. The van der Waals surface area contributed by atoms with Gasteiger partial charge in [-0.1, -0.05) is 30.3 Å². The number of carbonyl (C=O) groups is 2. The molecule has 1 aliphatic heterocycles. The largest absolute Gasteiger partial charge is 0.389 e. The molecular formula is C21H33N2O4+. The van der Waals surface area contributed by atoms with Crippen LogP contribution in [0.5, 0.6) is 0 Å². The molecule has 0 bridgehead atoms. The Morgan fingerprint density at radius 2 is 1.63 bits per heavy atom. The topological polar surface area (TPSA) is 60.3 Å². The van der Waals surface area contributed by atoms with Gasteiger partial charge >= 0.3 is 5.91 Å². The van der Waals surface area contributed by atoms with Crippen LogP contribution in [0.15, 0.2) is 30.3 Å². The van der Waals surface area contributed by atoms with E-state index in [1.165, 1.54) is 5.56 Å². The summed E-state index contributed by atoms with van der Waals surface area (Å²) in [5.74, 6) is -1.15. The van der Waals surface area contributed by atoms with Gasteiger partial charge in [0.05, 0.1) is 0 Å². The maximum absolute atomic E-state index is 13.1. The summed E-state index contributed by atoms with van der Waals surface area (Å²) in [6.45, 7) is 12.9. The lowest BCUT2D eigenvalue weighted by Crippen LogP contribution is -3.16. The maximum Gasteiger partial charge on any atom is 0.389 e.